The average Bonchev–Trinajstić information content (AvgIpc) is 3.52. The quantitative estimate of drug-likeness (QED) is 0.0825. The van der Waals surface area contributed by atoms with Gasteiger partial charge in [0.2, 0.25) is 0 Å². The second-order valence-electron chi connectivity index (χ2n) is 16.3. The van der Waals surface area contributed by atoms with Crippen LogP contribution in [0, 0.1) is 5.41 Å². The van der Waals surface area contributed by atoms with Gasteiger partial charge in [0.05, 0.1) is 11.7 Å². The molecule has 2 heterocycles. The largest absolute Gasteiger partial charge is 0.423 e. The van der Waals surface area contributed by atoms with Gasteiger partial charge >= 0.3 is 5.97 Å². The van der Waals surface area contributed by atoms with Gasteiger partial charge in [-0.15, -0.1) is 0 Å². The molecule has 0 bridgehead atoms. The maximum Gasteiger partial charge on any atom is 0.343 e. The van der Waals surface area contributed by atoms with E-state index in [1.807, 2.05) is 30.3 Å². The fourth-order valence-corrected chi connectivity index (χ4v) is 9.93. The number of carbonyl (C=O) groups excluding carboxylic acids is 1. The topological polar surface area (TPSA) is 57.7 Å². The Morgan fingerprint density at radius 2 is 1.72 bits per heavy atom. The summed E-state index contributed by atoms with van der Waals surface area (Å²) >= 11 is 2.66. The number of hydrogen-bond acceptors (Lipinski definition) is 5. The van der Waals surface area contributed by atoms with Gasteiger partial charge in [-0.05, 0) is 91.4 Å². The molecule has 0 N–H and O–H groups in total. The number of carbonyl (C=O) groups is 1. The monoisotopic (exact) mass is 751 g/mol. The van der Waals surface area contributed by atoms with Crippen LogP contribution < -0.4 is 4.74 Å². The summed E-state index contributed by atoms with van der Waals surface area (Å²) in [6, 6.07) is 17.0. The van der Waals surface area contributed by atoms with Gasteiger partial charge in [-0.3, -0.25) is 4.98 Å². The van der Waals surface area contributed by atoms with Gasteiger partial charge < -0.3 is 13.9 Å². The minimum absolute atomic E-state index is 0.00898. The summed E-state index contributed by atoms with van der Waals surface area (Å²) in [6.45, 7) is 21.0. The number of nitrogens with zero attached hydrogens (tertiary/aromatic N) is 1. The third-order valence-electron chi connectivity index (χ3n) is 10.8. The Morgan fingerprint density at radius 3 is 2.30 bits per heavy atom. The molecule has 46 heavy (non-hydrogen) atoms. The first-order chi connectivity index (χ1) is 21.5. The molecule has 1 saturated carbocycles. The number of hydrogen-bond donors (Lipinski definition) is 0. The van der Waals surface area contributed by atoms with Gasteiger partial charge in [-0.25, -0.2) is 4.79 Å². The third-order valence-corrected chi connectivity index (χ3v) is 16.9. The van der Waals surface area contributed by atoms with Crippen molar-refractivity contribution < 1.29 is 18.7 Å². The number of rotatable bonds is 6. The highest BCUT2D eigenvalue weighted by molar-refractivity contribution is 14.1. The minimum Gasteiger partial charge on any atom is -0.423 e. The fraction of sp³-hybridized carbons (Fsp3) is 0.538. The van der Waals surface area contributed by atoms with Crippen LogP contribution in [0.2, 0.25) is 18.1 Å². The maximum absolute atomic E-state index is 12.8. The van der Waals surface area contributed by atoms with Gasteiger partial charge in [-0.1, -0.05) is 101 Å². The Hall–Kier alpha value is -2.07. The molecule has 1 fully saturated rings. The van der Waals surface area contributed by atoms with Gasteiger partial charge in [0, 0.05) is 32.0 Å². The Bertz CT molecular complexity index is 1610. The molecule has 0 saturated heterocycles. The third kappa shape index (κ3) is 6.03. The van der Waals surface area contributed by atoms with Gasteiger partial charge in [0.25, 0.3) is 0 Å². The Balaban J connectivity index is 1.49. The number of halogens is 1. The molecule has 0 amide bonds. The standard InChI is InChI=1S/C39H50INO4Si/c1-24(2)34-32-33(31-28(41-34)22-38(6,7)23-29(31)45-46(8,9)37(3,4)5)39(21-13-16-30(39)40)44-35(32)25-17-19-27(20-18-25)43-36(42)26-14-11-10-12-15-26/h10-12,14-15,17-20,24,29-30,35H,13,16,21-23H2,1-9H3/t29-,30?,35+,39?/m0/s1. The molecule has 7 heteroatoms. The molecule has 2 aromatic carbocycles. The van der Waals surface area contributed by atoms with Crippen LogP contribution in [0.3, 0.4) is 0 Å². The summed E-state index contributed by atoms with van der Waals surface area (Å²) < 4.78 is 20.9. The molecule has 246 valence electrons. The summed E-state index contributed by atoms with van der Waals surface area (Å²) in [5.41, 5.74) is 7.61. The first kappa shape index (κ1) is 33.8. The summed E-state index contributed by atoms with van der Waals surface area (Å²) in [4.78, 5) is 18.3. The normalized spacial score (nSPS) is 25.5. The van der Waals surface area contributed by atoms with Crippen molar-refractivity contribution in [2.24, 2.45) is 5.41 Å². The molecule has 3 aromatic rings. The van der Waals surface area contributed by atoms with E-state index < -0.39 is 8.32 Å². The lowest BCUT2D eigenvalue weighted by molar-refractivity contribution is -0.0514. The minimum atomic E-state index is -2.10. The molecule has 3 aliphatic rings. The number of alkyl halides is 1. The average molecular weight is 752 g/mol. The molecular formula is C39H50INO4Si. The van der Waals surface area contributed by atoms with Crippen molar-refractivity contribution in [2.75, 3.05) is 0 Å². The lowest BCUT2D eigenvalue weighted by Gasteiger charge is -2.45. The Kier molecular flexibility index (Phi) is 8.90. The van der Waals surface area contributed by atoms with Crippen molar-refractivity contribution in [1.82, 2.24) is 4.98 Å². The number of benzene rings is 2. The molecule has 2 aliphatic carbocycles. The molecule has 0 radical (unpaired) electrons. The van der Waals surface area contributed by atoms with Crippen molar-refractivity contribution in [3.8, 4) is 5.75 Å². The Labute approximate surface area is 290 Å². The molecule has 5 nitrogen and oxygen atoms in total. The van der Waals surface area contributed by atoms with Crippen molar-refractivity contribution in [3.05, 3.63) is 93.8 Å². The maximum atomic E-state index is 12.8. The highest BCUT2D eigenvalue weighted by atomic mass is 127. The predicted octanol–water partition coefficient (Wildman–Crippen LogP) is 10.8. The van der Waals surface area contributed by atoms with Crippen molar-refractivity contribution in [1.29, 1.82) is 0 Å². The first-order valence-electron chi connectivity index (χ1n) is 17.0. The predicted molar refractivity (Wildman–Crippen MR) is 196 cm³/mol. The molecular weight excluding hydrogens is 701 g/mol. The summed E-state index contributed by atoms with van der Waals surface area (Å²) in [7, 11) is -2.10. The zero-order valence-electron chi connectivity index (χ0n) is 29.0. The van der Waals surface area contributed by atoms with Gasteiger partial charge in [0.15, 0.2) is 8.32 Å². The van der Waals surface area contributed by atoms with Crippen LogP contribution in [0.5, 0.6) is 5.75 Å². The van der Waals surface area contributed by atoms with E-state index in [4.69, 9.17) is 18.9 Å². The van der Waals surface area contributed by atoms with Gasteiger partial charge in [-0.2, -0.15) is 0 Å². The smallest absolute Gasteiger partial charge is 0.343 e. The fourth-order valence-electron chi connectivity index (χ4n) is 7.45. The molecule has 6 rings (SSSR count). The van der Waals surface area contributed by atoms with E-state index in [0.29, 0.717) is 15.2 Å². The van der Waals surface area contributed by atoms with Crippen LogP contribution in [0.15, 0.2) is 54.6 Å². The van der Waals surface area contributed by atoms with E-state index in [1.54, 1.807) is 12.1 Å². The SMILES string of the molecule is CC(C)c1nc2c(c3c1[C@@H](c1ccc(OC(=O)c4ccccc4)cc1)OC31CCCC1I)[C@@H](O[Si](C)(C)C(C)(C)C)CC(C)(C)C2. The number of aromatic nitrogens is 1. The van der Waals surface area contributed by atoms with Crippen molar-refractivity contribution in [3.63, 3.8) is 0 Å². The van der Waals surface area contributed by atoms with Crippen LogP contribution in [0.4, 0.5) is 0 Å². The van der Waals surface area contributed by atoms with E-state index in [-0.39, 0.29) is 40.1 Å². The number of pyridine rings is 1. The molecule has 1 spiro atoms. The van der Waals surface area contributed by atoms with Crippen LogP contribution in [-0.2, 0) is 21.2 Å². The van der Waals surface area contributed by atoms with E-state index >= 15 is 0 Å². The first-order valence-corrected chi connectivity index (χ1v) is 21.1. The molecule has 4 atom stereocenters. The summed E-state index contributed by atoms with van der Waals surface area (Å²) in [5, 5.41) is 0.102. The van der Waals surface area contributed by atoms with E-state index in [1.165, 1.54) is 22.4 Å². The van der Waals surface area contributed by atoms with Crippen molar-refractivity contribution >= 4 is 36.9 Å². The number of ether oxygens (including phenoxy) is 2. The zero-order chi connectivity index (χ0) is 33.2. The van der Waals surface area contributed by atoms with E-state index in [2.05, 4.69) is 96.3 Å². The lowest BCUT2D eigenvalue weighted by Crippen LogP contribution is -2.44. The number of fused-ring (bicyclic) bond motifs is 4. The van der Waals surface area contributed by atoms with Crippen molar-refractivity contribution in [2.45, 2.75) is 126 Å². The van der Waals surface area contributed by atoms with Crippen LogP contribution in [0.1, 0.15) is 136 Å². The van der Waals surface area contributed by atoms with E-state index in [0.717, 1.165) is 43.4 Å². The second-order valence-corrected chi connectivity index (χ2v) is 22.5. The van der Waals surface area contributed by atoms with Crippen LogP contribution in [0.25, 0.3) is 0 Å². The van der Waals surface area contributed by atoms with Crippen LogP contribution >= 0.6 is 22.6 Å². The molecule has 2 unspecified atom stereocenters. The number of esters is 1. The van der Waals surface area contributed by atoms with Crippen LogP contribution in [-0.4, -0.2) is 23.2 Å². The Morgan fingerprint density at radius 1 is 1.04 bits per heavy atom. The van der Waals surface area contributed by atoms with Gasteiger partial charge in [0.1, 0.15) is 17.5 Å². The van der Waals surface area contributed by atoms with E-state index in [9.17, 15) is 4.79 Å². The highest BCUT2D eigenvalue weighted by Gasteiger charge is 2.57. The summed E-state index contributed by atoms with van der Waals surface area (Å²) in [5.74, 6) is 0.406. The zero-order valence-corrected chi connectivity index (χ0v) is 32.2. The summed E-state index contributed by atoms with van der Waals surface area (Å²) in [6.07, 6.45) is 4.95. The lowest BCUT2D eigenvalue weighted by atomic mass is 9.70. The highest BCUT2D eigenvalue weighted by Crippen LogP contribution is 2.62. The molecule has 1 aromatic heterocycles. The second kappa shape index (κ2) is 12.1. The molecule has 1 aliphatic heterocycles.